The van der Waals surface area contributed by atoms with Crippen molar-refractivity contribution in [2.75, 3.05) is 51.7 Å². The first-order chi connectivity index (χ1) is 13.9. The molecule has 0 saturated carbocycles. The molecule has 2 rings (SSSR count). The molecule has 1 unspecified atom stereocenters. The molecule has 1 atom stereocenters. The lowest BCUT2D eigenvalue weighted by Crippen LogP contribution is -2.40. The summed E-state index contributed by atoms with van der Waals surface area (Å²) in [6.07, 6.45) is 6.83. The number of anilines is 1. The zero-order chi connectivity index (χ0) is 21.4. The summed E-state index contributed by atoms with van der Waals surface area (Å²) in [7, 11) is 4.06. The van der Waals surface area contributed by atoms with Gasteiger partial charge in [0, 0.05) is 63.3 Å². The third kappa shape index (κ3) is 6.91. The van der Waals surface area contributed by atoms with Crippen LogP contribution in [0.4, 0.5) is 11.4 Å². The number of nitrogens with zero attached hydrogens (tertiary/aromatic N) is 4. The van der Waals surface area contributed by atoms with Crippen LogP contribution < -0.4 is 4.90 Å². The van der Waals surface area contributed by atoms with E-state index in [4.69, 9.17) is 4.99 Å². The average molecular weight is 418 g/mol. The van der Waals surface area contributed by atoms with Gasteiger partial charge in [-0.1, -0.05) is 19.9 Å². The minimum Gasteiger partial charge on any atom is -0.390 e. The van der Waals surface area contributed by atoms with Crippen LogP contribution in [0.5, 0.6) is 0 Å². The summed E-state index contributed by atoms with van der Waals surface area (Å²) in [6, 6.07) is 6.20. The summed E-state index contributed by atoms with van der Waals surface area (Å²) in [5.74, 6) is 0. The van der Waals surface area contributed by atoms with E-state index in [-0.39, 0.29) is 6.10 Å². The molecule has 0 aliphatic heterocycles. The quantitative estimate of drug-likeness (QED) is 0.594. The molecule has 0 bridgehead atoms. The van der Waals surface area contributed by atoms with Crippen molar-refractivity contribution >= 4 is 29.7 Å². The molecule has 0 radical (unpaired) electrons. The summed E-state index contributed by atoms with van der Waals surface area (Å²) in [4.78, 5) is 12.4. The molecule has 1 aliphatic carbocycles. The van der Waals surface area contributed by atoms with E-state index in [1.54, 1.807) is 0 Å². The van der Waals surface area contributed by atoms with E-state index in [9.17, 15) is 5.11 Å². The summed E-state index contributed by atoms with van der Waals surface area (Å²) in [5.41, 5.74) is 4.27. The van der Waals surface area contributed by atoms with E-state index in [2.05, 4.69) is 78.5 Å². The van der Waals surface area contributed by atoms with Gasteiger partial charge >= 0.3 is 0 Å². The molecule has 1 aromatic rings. The van der Waals surface area contributed by atoms with Gasteiger partial charge < -0.3 is 19.8 Å². The molecule has 29 heavy (non-hydrogen) atoms. The molecular weight excluding hydrogens is 380 g/mol. The highest BCUT2D eigenvalue weighted by molar-refractivity contribution is 7.59. The maximum atomic E-state index is 10.5. The van der Waals surface area contributed by atoms with Gasteiger partial charge in [-0.05, 0) is 56.9 Å². The third-order valence-corrected chi connectivity index (χ3v) is 5.67. The van der Waals surface area contributed by atoms with E-state index >= 15 is 0 Å². The summed E-state index contributed by atoms with van der Waals surface area (Å²) in [6.45, 7) is 10.6. The minimum absolute atomic E-state index is 0.356. The molecule has 1 aliphatic rings. The van der Waals surface area contributed by atoms with Crippen LogP contribution in [0.25, 0.3) is 0 Å². The molecule has 160 valence electrons. The Kier molecular flexibility index (Phi) is 9.27. The van der Waals surface area contributed by atoms with Gasteiger partial charge in [0.25, 0.3) is 0 Å². The van der Waals surface area contributed by atoms with Crippen LogP contribution in [0.2, 0.25) is 0 Å². The van der Waals surface area contributed by atoms with Crippen molar-refractivity contribution in [3.05, 3.63) is 42.1 Å². The second-order valence-corrected chi connectivity index (χ2v) is 8.08. The number of benzene rings is 1. The van der Waals surface area contributed by atoms with Gasteiger partial charge in [-0.3, -0.25) is 0 Å². The van der Waals surface area contributed by atoms with Crippen molar-refractivity contribution in [3.8, 4) is 0 Å². The van der Waals surface area contributed by atoms with Gasteiger partial charge in [0.1, 0.15) is 5.69 Å². The Balaban J connectivity index is 2.02. The van der Waals surface area contributed by atoms with Crippen molar-refractivity contribution < 1.29 is 5.11 Å². The Morgan fingerprint density at radius 1 is 1.07 bits per heavy atom. The maximum Gasteiger partial charge on any atom is 0.178 e. The summed E-state index contributed by atoms with van der Waals surface area (Å²) in [5, 5.41) is 10.5. The smallest absolute Gasteiger partial charge is 0.178 e. The highest BCUT2D eigenvalue weighted by Gasteiger charge is 2.16. The number of hydrogen-bond acceptors (Lipinski definition) is 5. The first-order valence-electron chi connectivity index (χ1n) is 10.5. The molecule has 1 N–H and O–H groups in total. The molecule has 0 saturated heterocycles. The van der Waals surface area contributed by atoms with Crippen LogP contribution in [0.3, 0.4) is 0 Å². The van der Waals surface area contributed by atoms with E-state index in [1.807, 2.05) is 20.2 Å². The van der Waals surface area contributed by atoms with Crippen molar-refractivity contribution in [3.63, 3.8) is 0 Å². The Labute approximate surface area is 181 Å². The SMILES string of the molecule is CCN(CC)CC(O)CN(CC)C1=CCC(=Nc2ccc(N(C)C)cc2[SH2+])C=C1. The zero-order valence-electron chi connectivity index (χ0n) is 18.5. The average Bonchev–Trinajstić information content (AvgIpc) is 2.72. The van der Waals surface area contributed by atoms with Crippen LogP contribution in [0.15, 0.2) is 52.0 Å². The Bertz CT molecular complexity index is 753. The molecule has 0 fully saturated rings. The highest BCUT2D eigenvalue weighted by Crippen LogP contribution is 2.26. The summed E-state index contributed by atoms with van der Waals surface area (Å²) >= 11 is 3.69. The Morgan fingerprint density at radius 3 is 2.31 bits per heavy atom. The third-order valence-electron chi connectivity index (χ3n) is 5.27. The van der Waals surface area contributed by atoms with Gasteiger partial charge in [-0.15, -0.1) is 0 Å². The monoisotopic (exact) mass is 417 g/mol. The van der Waals surface area contributed by atoms with Crippen molar-refractivity contribution in [2.45, 2.75) is 38.2 Å². The second kappa shape index (κ2) is 11.4. The lowest BCUT2D eigenvalue weighted by Gasteiger charge is -2.30. The van der Waals surface area contributed by atoms with E-state index in [0.29, 0.717) is 13.1 Å². The number of hydrogen-bond donors (Lipinski definition) is 1. The number of aliphatic hydroxyl groups is 1. The largest absolute Gasteiger partial charge is 0.390 e. The number of aliphatic hydroxyl groups excluding tert-OH is 1. The number of allylic oxidation sites excluding steroid dienone is 3. The number of likely N-dealkylation sites (N-methyl/N-ethyl adjacent to an activating group) is 2. The molecule has 6 heteroatoms. The van der Waals surface area contributed by atoms with Gasteiger partial charge in [-0.2, -0.15) is 0 Å². The van der Waals surface area contributed by atoms with Gasteiger partial charge in [0.15, 0.2) is 4.90 Å². The maximum absolute atomic E-state index is 10.5. The lowest BCUT2D eigenvalue weighted by atomic mass is 10.1. The molecule has 5 nitrogen and oxygen atoms in total. The first kappa shape index (κ1) is 23.5. The van der Waals surface area contributed by atoms with Crippen molar-refractivity contribution in [2.24, 2.45) is 4.99 Å². The van der Waals surface area contributed by atoms with E-state index in [1.165, 1.54) is 0 Å². The van der Waals surface area contributed by atoms with Gasteiger partial charge in [0.2, 0.25) is 0 Å². The van der Waals surface area contributed by atoms with Crippen LogP contribution in [0.1, 0.15) is 27.2 Å². The normalized spacial score (nSPS) is 16.3. The molecule has 1 aromatic carbocycles. The second-order valence-electron chi connectivity index (χ2n) is 7.54. The van der Waals surface area contributed by atoms with Crippen molar-refractivity contribution in [1.29, 1.82) is 0 Å². The van der Waals surface area contributed by atoms with Crippen LogP contribution >= 0.6 is 0 Å². The summed E-state index contributed by atoms with van der Waals surface area (Å²) < 4.78 is 0. The van der Waals surface area contributed by atoms with Crippen LogP contribution in [-0.4, -0.2) is 73.5 Å². The topological polar surface area (TPSA) is 42.3 Å². The van der Waals surface area contributed by atoms with Gasteiger partial charge in [0.05, 0.1) is 6.10 Å². The fourth-order valence-corrected chi connectivity index (χ4v) is 3.69. The molecule has 0 amide bonds. The standard InChI is InChI=1S/C23H36N4OS/c1-6-26(7-2)16-21(28)17-27(8-3)19-11-9-18(10-12-19)24-22-14-13-20(25(4)5)15-23(22)29/h9,11-15,21,28-29H,6-8,10,16-17H2,1-5H3/p+1. The minimum atomic E-state index is -0.356. The molecule has 0 aromatic heterocycles. The van der Waals surface area contributed by atoms with Crippen LogP contribution in [0, 0.1) is 0 Å². The molecular formula is C23H37N4OS+. The fourth-order valence-electron chi connectivity index (χ4n) is 3.41. The fraction of sp³-hybridized carbons (Fsp3) is 0.522. The predicted molar refractivity (Wildman–Crippen MR) is 129 cm³/mol. The van der Waals surface area contributed by atoms with Crippen molar-refractivity contribution in [1.82, 2.24) is 9.80 Å². The van der Waals surface area contributed by atoms with Gasteiger partial charge in [-0.25, -0.2) is 4.99 Å². The van der Waals surface area contributed by atoms with Crippen LogP contribution in [-0.2, 0) is 12.6 Å². The van der Waals surface area contributed by atoms with E-state index in [0.717, 1.165) is 53.7 Å². The molecule has 0 heterocycles. The number of rotatable bonds is 10. The van der Waals surface area contributed by atoms with E-state index < -0.39 is 0 Å². The molecule has 0 spiro atoms. The zero-order valence-corrected chi connectivity index (χ0v) is 19.5. The number of aliphatic imine (C=N–C) groups is 1. The Morgan fingerprint density at radius 2 is 1.79 bits per heavy atom. The first-order valence-corrected chi connectivity index (χ1v) is 11.0. The predicted octanol–water partition coefficient (Wildman–Crippen LogP) is 3.06. The highest BCUT2D eigenvalue weighted by atomic mass is 32.1. The Hall–Kier alpha value is -1.76. The lowest BCUT2D eigenvalue weighted by molar-refractivity contribution is 0.0903.